The van der Waals surface area contributed by atoms with Gasteiger partial charge in [0.25, 0.3) is 20.2 Å². The number of pyridine rings is 1. The second kappa shape index (κ2) is 35.8. The number of carbonyl (C=O) groups is 9. The molecule has 2 aliphatic rings. The predicted molar refractivity (Wildman–Crippen MR) is 381 cm³/mol. The first-order chi connectivity index (χ1) is 46.3. The van der Waals surface area contributed by atoms with Crippen LogP contribution in [0.3, 0.4) is 0 Å². The first kappa shape index (κ1) is 83.0. The van der Waals surface area contributed by atoms with E-state index in [4.69, 9.17) is 23.7 Å². The highest BCUT2D eigenvalue weighted by atomic mass is 28.4. The third kappa shape index (κ3) is 26.7. The Bertz CT molecular complexity index is 3300. The molecule has 2 fully saturated rings. The molecule has 3 atom stereocenters. The number of halogens is 1. The van der Waals surface area contributed by atoms with Crippen LogP contribution in [0.2, 0.25) is 10.1 Å². The van der Waals surface area contributed by atoms with Crippen LogP contribution in [0.4, 0.5) is 4.11 Å². The molecule has 0 bridgehead atoms. The van der Waals surface area contributed by atoms with Crippen molar-refractivity contribution in [3.63, 3.8) is 0 Å². The number of hydrogen-bond donors (Lipinski definition) is 4. The van der Waals surface area contributed by atoms with E-state index in [0.717, 1.165) is 0 Å². The van der Waals surface area contributed by atoms with E-state index in [9.17, 15) is 48.4 Å². The van der Waals surface area contributed by atoms with Crippen molar-refractivity contribution >= 4 is 77.9 Å². The molecule has 2 saturated heterocycles. The van der Waals surface area contributed by atoms with Crippen molar-refractivity contribution in [2.75, 3.05) is 105 Å². The minimum absolute atomic E-state index is 0.0465. The van der Waals surface area contributed by atoms with E-state index in [1.165, 1.54) is 17.2 Å². The summed E-state index contributed by atoms with van der Waals surface area (Å²) in [4.78, 5) is 138. The molecule has 554 valence electrons. The average molecular weight is 1410 g/mol. The van der Waals surface area contributed by atoms with Gasteiger partial charge in [0.2, 0.25) is 17.7 Å². The lowest BCUT2D eigenvalue weighted by atomic mass is 10.1. The number of ether oxygens (including phenoxy) is 5. The zero-order valence-electron chi connectivity index (χ0n) is 62.5. The van der Waals surface area contributed by atoms with Gasteiger partial charge in [-0.25, -0.2) is 0 Å². The fourth-order valence-electron chi connectivity index (χ4n) is 12.3. The number of rotatable bonds is 25. The number of nitrogens with one attached hydrogen (secondary N) is 4. The van der Waals surface area contributed by atoms with Gasteiger partial charge in [-0.2, -0.15) is 5.26 Å². The smallest absolute Gasteiger partial charge is 0.323 e. The lowest BCUT2D eigenvalue weighted by Gasteiger charge is -2.44. The quantitative estimate of drug-likeness (QED) is 0.0224. The van der Waals surface area contributed by atoms with Crippen molar-refractivity contribution in [2.45, 2.75) is 207 Å². The molecule has 0 aliphatic carbocycles. The van der Waals surface area contributed by atoms with Crippen molar-refractivity contribution < 1.29 is 70.9 Å². The molecule has 2 aromatic carbocycles. The highest BCUT2D eigenvalue weighted by molar-refractivity contribution is 6.90. The van der Waals surface area contributed by atoms with Crippen LogP contribution in [0.25, 0.3) is 10.9 Å². The Morgan fingerprint density at radius 1 is 0.630 bits per heavy atom. The molecule has 0 saturated carbocycles. The molecular formula is C73H112FN11O14Si. The van der Waals surface area contributed by atoms with Gasteiger partial charge in [-0.1, -0.05) is 53.7 Å². The van der Waals surface area contributed by atoms with E-state index in [-0.39, 0.29) is 121 Å². The second-order valence-corrected chi connectivity index (χ2v) is 36.8. The number of likely N-dealkylation sites (tertiary alicyclic amines) is 1. The molecule has 100 heavy (non-hydrogen) atoms. The second-order valence-electron chi connectivity index (χ2n) is 31.9. The number of carbonyl (C=O) groups excluding carboxylic acids is 9. The van der Waals surface area contributed by atoms with Gasteiger partial charge in [0.1, 0.15) is 46.3 Å². The molecule has 2 aliphatic heterocycles. The maximum Gasteiger partial charge on any atom is 0.323 e. The first-order valence-corrected chi connectivity index (χ1v) is 36.7. The van der Waals surface area contributed by atoms with E-state index in [0.29, 0.717) is 54.3 Å². The minimum Gasteiger partial charge on any atom is -0.494 e. The lowest BCUT2D eigenvalue weighted by molar-refractivity contribution is -0.163. The zero-order valence-corrected chi connectivity index (χ0v) is 63.5. The number of amides is 5. The summed E-state index contributed by atoms with van der Waals surface area (Å²) in [6.07, 6.45) is 2.57. The summed E-state index contributed by atoms with van der Waals surface area (Å²) >= 11 is 0. The Morgan fingerprint density at radius 2 is 1.14 bits per heavy atom. The molecule has 1 aromatic heterocycles. The van der Waals surface area contributed by atoms with Gasteiger partial charge >= 0.3 is 23.9 Å². The summed E-state index contributed by atoms with van der Waals surface area (Å²) in [7, 11) is -3.69. The number of aromatic nitrogens is 1. The summed E-state index contributed by atoms with van der Waals surface area (Å²) in [5, 5.41) is 20.2. The molecule has 0 unspecified atom stereocenters. The molecular weight excluding hydrogens is 1300 g/mol. The van der Waals surface area contributed by atoms with Crippen molar-refractivity contribution in [1.29, 1.82) is 5.26 Å². The van der Waals surface area contributed by atoms with Crippen LogP contribution in [0.15, 0.2) is 54.7 Å². The van der Waals surface area contributed by atoms with Gasteiger partial charge in [0.15, 0.2) is 0 Å². The zero-order chi connectivity index (χ0) is 74.8. The molecule has 25 nitrogen and oxygen atoms in total. The monoisotopic (exact) mass is 1410 g/mol. The van der Waals surface area contributed by atoms with Crippen LogP contribution in [0.5, 0.6) is 5.75 Å². The Balaban J connectivity index is 1.40. The predicted octanol–water partition coefficient (Wildman–Crippen LogP) is 6.74. The van der Waals surface area contributed by atoms with Crippen LogP contribution in [0.1, 0.15) is 177 Å². The highest BCUT2D eigenvalue weighted by Gasteiger charge is 2.56. The first-order valence-electron chi connectivity index (χ1n) is 34.8. The van der Waals surface area contributed by atoms with Crippen molar-refractivity contribution in [3.8, 4) is 11.8 Å². The summed E-state index contributed by atoms with van der Waals surface area (Å²) < 4.78 is 46.7. The van der Waals surface area contributed by atoms with Gasteiger partial charge < -0.3 is 54.0 Å². The van der Waals surface area contributed by atoms with Gasteiger partial charge in [0, 0.05) is 95.6 Å². The fourth-order valence-corrected chi connectivity index (χ4v) is 16.9. The topological polar surface area (TPSA) is 301 Å². The highest BCUT2D eigenvalue weighted by Crippen LogP contribution is 2.51. The molecule has 5 rings (SSSR count). The Labute approximate surface area is 592 Å². The minimum atomic E-state index is -3.69. The Hall–Kier alpha value is -7.64. The number of benzene rings is 2. The number of nitrogens with zero attached hydrogens (tertiary/aromatic N) is 7. The van der Waals surface area contributed by atoms with E-state index in [1.807, 2.05) is 61.1 Å². The van der Waals surface area contributed by atoms with Crippen molar-refractivity contribution in [2.24, 2.45) is 0 Å². The van der Waals surface area contributed by atoms with Gasteiger partial charge in [0.05, 0.1) is 49.9 Å². The van der Waals surface area contributed by atoms with Crippen LogP contribution >= 0.6 is 0 Å². The molecule has 0 radical (unpaired) electrons. The maximum atomic E-state index is 17.3. The third-order valence-corrected chi connectivity index (χ3v) is 21.9. The number of fused-ring (bicyclic) bond motifs is 1. The molecule has 0 spiro atoms. The van der Waals surface area contributed by atoms with Crippen LogP contribution in [0, 0.1) is 11.3 Å². The normalized spacial score (nSPS) is 16.9. The SMILES string of the molecule is CC(C)(C)OC(=O)CN1CCN(CC(=O)OC(C)(C)C)CCN([C@H](CCC(=O)N[C@H](CNC(=O)c2ccc([Si](F)(C(C)(C)C)C(C)(C)C)cc2)C(=O)NCCCOc2ccc3nccc(C(=O)NCC(=O)N4CCC[C@H]4C#N)c3c2)C(=O)OC(C)(C)C)CCN(CC(=O)OC(C)(C)C)CC1. The third-order valence-electron chi connectivity index (χ3n) is 16.7. The fraction of sp³-hybridized carbons (Fsp3) is 0.658. The van der Waals surface area contributed by atoms with Gasteiger partial charge in [-0.3, -0.25) is 67.7 Å². The standard InChI is InChI=1S/C73H112FN11O14Si/c1-68(2,3)96-61(88)47-81-34-36-82(48-62(89)97-69(4,5)6)38-40-84(41-39-83(37-35-81)49-63(90)98-70(7,8)9)58(67(94)99-71(10,11)12)28-29-59(86)80-57(45-78-64(91)50-22-25-53(26-23-50)100(74,72(13,14)15)73(16,17)18)66(93)77-31-20-42-95-52-24-27-56-55(43-52)54(30-32-76-56)65(92)79-46-60(87)85-33-19-21-51(85)44-75/h22-27,30,32,43,51,57-58H,19-21,28-29,31,33-42,45-49H2,1-18H3,(H,77,93)(H,78,91)(H,79,92)(H,80,86)/t51-,57+,58+/m0/s1. The maximum absolute atomic E-state index is 17.3. The molecule has 3 heterocycles. The van der Waals surface area contributed by atoms with E-state index >= 15 is 4.11 Å². The lowest BCUT2D eigenvalue weighted by Crippen LogP contribution is -2.57. The molecule has 4 N–H and O–H groups in total. The Kier molecular flexibility index (Phi) is 29.7. The van der Waals surface area contributed by atoms with Crippen molar-refractivity contribution in [1.82, 2.24) is 50.8 Å². The van der Waals surface area contributed by atoms with Gasteiger partial charge in [-0.15, -0.1) is 0 Å². The summed E-state index contributed by atoms with van der Waals surface area (Å²) in [5.41, 5.74) is -2.37. The average Bonchev–Trinajstić information content (AvgIpc) is 0.767. The summed E-state index contributed by atoms with van der Waals surface area (Å²) in [6.45, 7) is 33.8. The number of hydrogen-bond acceptors (Lipinski definition) is 20. The van der Waals surface area contributed by atoms with E-state index < -0.39 is 107 Å². The number of nitriles is 1. The van der Waals surface area contributed by atoms with Crippen molar-refractivity contribution in [3.05, 3.63) is 65.9 Å². The Morgan fingerprint density at radius 3 is 1.63 bits per heavy atom. The van der Waals surface area contributed by atoms with E-state index in [2.05, 4.69) is 32.3 Å². The van der Waals surface area contributed by atoms with E-state index in [1.54, 1.807) is 126 Å². The largest absolute Gasteiger partial charge is 0.494 e. The summed E-state index contributed by atoms with van der Waals surface area (Å²) in [5.74, 6) is -4.44. The van der Waals surface area contributed by atoms with Crippen LogP contribution in [-0.2, 0) is 52.5 Å². The number of esters is 4. The molecule has 5 amide bonds. The van der Waals surface area contributed by atoms with Crippen LogP contribution in [-0.4, -0.2) is 237 Å². The summed E-state index contributed by atoms with van der Waals surface area (Å²) in [6, 6.07) is 12.1. The molecule has 3 aromatic rings. The van der Waals surface area contributed by atoms with Crippen LogP contribution < -0.4 is 31.2 Å². The van der Waals surface area contributed by atoms with Gasteiger partial charge in [-0.05, 0) is 160 Å². The molecule has 27 heteroatoms.